The normalized spacial score (nSPS) is 9.56. The van der Waals surface area contributed by atoms with Gasteiger partial charge in [0.1, 0.15) is 0 Å². The zero-order chi connectivity index (χ0) is 6.85. The Kier molecular flexibility index (Phi) is 1.43. The Hall–Kier alpha value is -0.980. The summed E-state index contributed by atoms with van der Waals surface area (Å²) in [7, 11) is 0. The lowest BCUT2D eigenvalue weighted by molar-refractivity contribution is 1.35. The van der Waals surface area contributed by atoms with Crippen molar-refractivity contribution in [2.75, 3.05) is 5.73 Å². The van der Waals surface area contributed by atoms with E-state index in [2.05, 4.69) is 13.0 Å². The van der Waals surface area contributed by atoms with Gasteiger partial charge in [-0.05, 0) is 31.0 Å². The van der Waals surface area contributed by atoms with Crippen LogP contribution in [0.4, 0.5) is 5.69 Å². The molecule has 1 aromatic carbocycles. The van der Waals surface area contributed by atoms with Crippen LogP contribution in [-0.2, 0) is 0 Å². The number of aryl methyl sites for hydroxylation is 1. The van der Waals surface area contributed by atoms with Gasteiger partial charge in [-0.1, -0.05) is 12.1 Å². The van der Waals surface area contributed by atoms with Crippen molar-refractivity contribution in [2.45, 2.75) is 13.8 Å². The third-order valence-electron chi connectivity index (χ3n) is 1.65. The van der Waals surface area contributed by atoms with Crippen molar-refractivity contribution in [1.29, 1.82) is 0 Å². The maximum absolute atomic E-state index is 5.62. The summed E-state index contributed by atoms with van der Waals surface area (Å²) in [6.45, 7) is 4.09. The van der Waals surface area contributed by atoms with E-state index in [0.717, 1.165) is 5.69 Å². The van der Waals surface area contributed by atoms with E-state index in [0.29, 0.717) is 0 Å². The highest BCUT2D eigenvalue weighted by Crippen LogP contribution is 2.13. The number of nitrogens with two attached hydrogens (primary N) is 1. The van der Waals surface area contributed by atoms with Crippen LogP contribution in [-0.4, -0.2) is 0 Å². The number of benzene rings is 1. The highest BCUT2D eigenvalue weighted by Gasteiger charge is 1.92. The predicted octanol–water partition coefficient (Wildman–Crippen LogP) is 1.89. The molecule has 0 aliphatic carbocycles. The van der Waals surface area contributed by atoms with Gasteiger partial charge in [0.05, 0.1) is 0 Å². The van der Waals surface area contributed by atoms with Crippen LogP contribution in [0.5, 0.6) is 0 Å². The van der Waals surface area contributed by atoms with E-state index in [4.69, 9.17) is 5.73 Å². The SMILES string of the molecule is Cc1[13cH]ccc(N)c1C. The Labute approximate surface area is 55.5 Å². The monoisotopic (exact) mass is 122 g/mol. The van der Waals surface area contributed by atoms with Crippen molar-refractivity contribution in [3.05, 3.63) is 29.3 Å². The van der Waals surface area contributed by atoms with Crippen LogP contribution < -0.4 is 5.73 Å². The molecule has 0 bridgehead atoms. The largest absolute Gasteiger partial charge is 0.399 e. The maximum atomic E-state index is 5.62. The molecule has 1 rings (SSSR count). The van der Waals surface area contributed by atoms with Crippen molar-refractivity contribution < 1.29 is 0 Å². The molecule has 0 atom stereocenters. The lowest BCUT2D eigenvalue weighted by atomic mass is 10.2. The molecule has 48 valence electrons. The van der Waals surface area contributed by atoms with E-state index in [1.54, 1.807) is 0 Å². The summed E-state index contributed by atoms with van der Waals surface area (Å²) < 4.78 is 0. The van der Waals surface area contributed by atoms with Crippen LogP contribution in [0.3, 0.4) is 0 Å². The Morgan fingerprint density at radius 1 is 1.22 bits per heavy atom. The van der Waals surface area contributed by atoms with Gasteiger partial charge in [0, 0.05) is 5.69 Å². The average Bonchev–Trinajstić information content (AvgIpc) is 1.83. The summed E-state index contributed by atoms with van der Waals surface area (Å²) in [6, 6.07) is 5.95. The molecule has 0 aromatic heterocycles. The molecule has 0 saturated heterocycles. The molecule has 0 radical (unpaired) electrons. The quantitative estimate of drug-likeness (QED) is 0.522. The summed E-state index contributed by atoms with van der Waals surface area (Å²) >= 11 is 0. The highest BCUT2D eigenvalue weighted by molar-refractivity contribution is 5.49. The minimum atomic E-state index is 0.884. The lowest BCUT2D eigenvalue weighted by Gasteiger charge is -2.00. The fraction of sp³-hybridized carbons (Fsp3) is 0.250. The first-order chi connectivity index (χ1) is 4.22. The first kappa shape index (κ1) is 6.14. The number of hydrogen-bond donors (Lipinski definition) is 1. The topological polar surface area (TPSA) is 26.0 Å². The molecule has 0 heterocycles. The van der Waals surface area contributed by atoms with Gasteiger partial charge < -0.3 is 5.73 Å². The van der Waals surface area contributed by atoms with E-state index < -0.39 is 0 Å². The predicted molar refractivity (Wildman–Crippen MR) is 40.3 cm³/mol. The zero-order valence-corrected chi connectivity index (χ0v) is 5.81. The summed E-state index contributed by atoms with van der Waals surface area (Å²) in [5.74, 6) is 0. The van der Waals surface area contributed by atoms with Crippen molar-refractivity contribution >= 4 is 5.69 Å². The molecular formula is C8H11N. The van der Waals surface area contributed by atoms with E-state index in [1.807, 2.05) is 19.1 Å². The van der Waals surface area contributed by atoms with E-state index in [1.165, 1.54) is 11.1 Å². The summed E-state index contributed by atoms with van der Waals surface area (Å²) in [5.41, 5.74) is 8.96. The van der Waals surface area contributed by atoms with Gasteiger partial charge in [0.2, 0.25) is 0 Å². The molecule has 1 aromatic rings. The molecular weight excluding hydrogens is 111 g/mol. The van der Waals surface area contributed by atoms with E-state index in [9.17, 15) is 0 Å². The fourth-order valence-corrected chi connectivity index (χ4v) is 0.774. The van der Waals surface area contributed by atoms with Crippen molar-refractivity contribution in [3.63, 3.8) is 0 Å². The Bertz CT molecular complexity index is 196. The van der Waals surface area contributed by atoms with Gasteiger partial charge in [0.25, 0.3) is 0 Å². The van der Waals surface area contributed by atoms with Gasteiger partial charge in [-0.3, -0.25) is 0 Å². The minimum absolute atomic E-state index is 0.884. The molecule has 2 N–H and O–H groups in total. The second-order valence-electron chi connectivity index (χ2n) is 2.29. The lowest BCUT2D eigenvalue weighted by Crippen LogP contribution is -1.90. The Morgan fingerprint density at radius 2 is 1.89 bits per heavy atom. The van der Waals surface area contributed by atoms with Gasteiger partial charge >= 0.3 is 0 Å². The Morgan fingerprint density at radius 3 is 2.33 bits per heavy atom. The van der Waals surface area contributed by atoms with Gasteiger partial charge in [0.15, 0.2) is 0 Å². The second-order valence-corrected chi connectivity index (χ2v) is 2.29. The maximum Gasteiger partial charge on any atom is 0.0346 e. The first-order valence-corrected chi connectivity index (χ1v) is 3.03. The summed E-state index contributed by atoms with van der Waals surface area (Å²) in [4.78, 5) is 0. The minimum Gasteiger partial charge on any atom is -0.399 e. The van der Waals surface area contributed by atoms with Crippen LogP contribution in [0.25, 0.3) is 0 Å². The molecule has 0 amide bonds. The smallest absolute Gasteiger partial charge is 0.0346 e. The van der Waals surface area contributed by atoms with Crippen LogP contribution in [0, 0.1) is 13.8 Å². The molecule has 0 aliphatic rings. The molecule has 0 aliphatic heterocycles. The molecule has 0 saturated carbocycles. The molecule has 1 heteroatoms. The van der Waals surface area contributed by atoms with Crippen LogP contribution in [0.2, 0.25) is 0 Å². The standard InChI is InChI=1S/C8H11N/c1-6-4-3-5-8(9)7(6)2/h3-5H,9H2,1-2H3/i4+1. The zero-order valence-electron chi connectivity index (χ0n) is 5.81. The van der Waals surface area contributed by atoms with Crippen LogP contribution in [0.1, 0.15) is 11.1 Å². The van der Waals surface area contributed by atoms with E-state index in [-0.39, 0.29) is 0 Å². The number of hydrogen-bond acceptors (Lipinski definition) is 1. The molecule has 0 spiro atoms. The third kappa shape index (κ3) is 1.04. The molecule has 9 heavy (non-hydrogen) atoms. The number of nitrogen functional groups attached to an aromatic ring is 1. The summed E-state index contributed by atoms with van der Waals surface area (Å²) in [5, 5.41) is 0. The Balaban J connectivity index is 3.25. The van der Waals surface area contributed by atoms with Gasteiger partial charge in [-0.15, -0.1) is 0 Å². The molecule has 1 nitrogen and oxygen atoms in total. The van der Waals surface area contributed by atoms with E-state index >= 15 is 0 Å². The number of rotatable bonds is 0. The number of anilines is 1. The van der Waals surface area contributed by atoms with Gasteiger partial charge in [-0.25, -0.2) is 0 Å². The van der Waals surface area contributed by atoms with Crippen LogP contribution in [0.15, 0.2) is 18.2 Å². The summed E-state index contributed by atoms with van der Waals surface area (Å²) in [6.07, 6.45) is 0. The van der Waals surface area contributed by atoms with Crippen molar-refractivity contribution in [1.82, 2.24) is 0 Å². The molecule has 0 unspecified atom stereocenters. The molecule has 0 fully saturated rings. The second kappa shape index (κ2) is 2.09. The average molecular weight is 122 g/mol. The fourth-order valence-electron chi connectivity index (χ4n) is 0.774. The van der Waals surface area contributed by atoms with Gasteiger partial charge in [-0.2, -0.15) is 0 Å². The van der Waals surface area contributed by atoms with Crippen molar-refractivity contribution in [3.8, 4) is 0 Å². The first-order valence-electron chi connectivity index (χ1n) is 3.03. The highest BCUT2D eigenvalue weighted by atomic mass is 14.6. The van der Waals surface area contributed by atoms with Crippen LogP contribution >= 0.6 is 0 Å². The third-order valence-corrected chi connectivity index (χ3v) is 1.65. The van der Waals surface area contributed by atoms with Crippen molar-refractivity contribution in [2.24, 2.45) is 0 Å².